The van der Waals surface area contributed by atoms with Crippen LogP contribution in [0.3, 0.4) is 0 Å². The Morgan fingerprint density at radius 1 is 1.56 bits per heavy atom. The fraction of sp³-hybridized carbons (Fsp3) is 0.833. The summed E-state index contributed by atoms with van der Waals surface area (Å²) in [6.07, 6.45) is 0.0610. The zero-order valence-electron chi connectivity index (χ0n) is 11.2. The molecular weight excluding hydrogens is 236 g/mol. The maximum Gasteiger partial charge on any atom is 0.407 e. The van der Waals surface area contributed by atoms with Crippen LogP contribution < -0.4 is 5.32 Å². The van der Waals surface area contributed by atoms with E-state index >= 15 is 0 Å². The molecule has 1 heterocycles. The van der Waals surface area contributed by atoms with Gasteiger partial charge in [0, 0.05) is 26.1 Å². The van der Waals surface area contributed by atoms with Crippen molar-refractivity contribution < 1.29 is 19.4 Å². The van der Waals surface area contributed by atoms with Gasteiger partial charge in [-0.3, -0.25) is 4.79 Å². The molecular formula is C12H22N2O4. The third-order valence-electron chi connectivity index (χ3n) is 2.48. The molecule has 2 amide bonds. The lowest BCUT2D eigenvalue weighted by atomic mass is 10.2. The molecule has 0 aromatic heterocycles. The molecule has 1 atom stereocenters. The molecule has 0 spiro atoms. The van der Waals surface area contributed by atoms with E-state index in [0.717, 1.165) is 6.42 Å². The Kier molecular flexibility index (Phi) is 4.95. The lowest BCUT2D eigenvalue weighted by Gasteiger charge is -2.22. The van der Waals surface area contributed by atoms with Crippen LogP contribution in [0.5, 0.6) is 0 Å². The molecule has 0 aromatic rings. The first kappa shape index (κ1) is 14.8. The van der Waals surface area contributed by atoms with Gasteiger partial charge in [0.25, 0.3) is 0 Å². The number of hydrogen-bond acceptors (Lipinski definition) is 4. The lowest BCUT2D eigenvalue weighted by Crippen LogP contribution is -2.42. The fourth-order valence-electron chi connectivity index (χ4n) is 1.73. The second-order valence-electron chi connectivity index (χ2n) is 5.48. The number of nitrogens with zero attached hydrogens (tertiary/aromatic N) is 1. The topological polar surface area (TPSA) is 78.9 Å². The number of aliphatic hydroxyl groups excluding tert-OH is 1. The van der Waals surface area contributed by atoms with Crippen LogP contribution >= 0.6 is 0 Å². The highest BCUT2D eigenvalue weighted by Gasteiger charge is 2.23. The summed E-state index contributed by atoms with van der Waals surface area (Å²) in [6, 6.07) is 0. The molecule has 104 valence electrons. The van der Waals surface area contributed by atoms with E-state index in [9.17, 15) is 14.7 Å². The number of carbonyl (C=O) groups excluding carboxylic acids is 2. The van der Waals surface area contributed by atoms with Crippen molar-refractivity contribution >= 4 is 12.0 Å². The monoisotopic (exact) mass is 258 g/mol. The highest BCUT2D eigenvalue weighted by atomic mass is 16.6. The first-order valence-corrected chi connectivity index (χ1v) is 6.20. The van der Waals surface area contributed by atoms with Gasteiger partial charge in [-0.15, -0.1) is 0 Å². The second kappa shape index (κ2) is 6.04. The molecule has 1 aliphatic rings. The summed E-state index contributed by atoms with van der Waals surface area (Å²) in [5, 5.41) is 12.2. The average molecular weight is 258 g/mol. The van der Waals surface area contributed by atoms with Crippen LogP contribution in [-0.4, -0.2) is 53.3 Å². The Hall–Kier alpha value is -1.30. The first-order chi connectivity index (χ1) is 8.28. The maximum atomic E-state index is 11.3. The fourth-order valence-corrected chi connectivity index (χ4v) is 1.73. The molecule has 0 aliphatic carbocycles. The zero-order valence-corrected chi connectivity index (χ0v) is 11.2. The molecule has 18 heavy (non-hydrogen) atoms. The number of rotatable bonds is 4. The predicted molar refractivity (Wildman–Crippen MR) is 66.1 cm³/mol. The van der Waals surface area contributed by atoms with Crippen LogP contribution in [0.2, 0.25) is 0 Å². The zero-order chi connectivity index (χ0) is 13.8. The van der Waals surface area contributed by atoms with Crippen LogP contribution in [0.1, 0.15) is 33.6 Å². The van der Waals surface area contributed by atoms with Crippen LogP contribution in [0.15, 0.2) is 0 Å². The van der Waals surface area contributed by atoms with E-state index in [1.54, 1.807) is 25.7 Å². The van der Waals surface area contributed by atoms with Gasteiger partial charge in [-0.25, -0.2) is 4.79 Å². The van der Waals surface area contributed by atoms with Gasteiger partial charge in [-0.1, -0.05) is 0 Å². The Balaban J connectivity index is 2.22. The summed E-state index contributed by atoms with van der Waals surface area (Å²) < 4.78 is 5.04. The maximum absolute atomic E-state index is 11.3. The number of hydrogen-bond donors (Lipinski definition) is 2. The van der Waals surface area contributed by atoms with E-state index < -0.39 is 17.8 Å². The summed E-state index contributed by atoms with van der Waals surface area (Å²) in [7, 11) is 0. The van der Waals surface area contributed by atoms with E-state index in [0.29, 0.717) is 13.0 Å². The van der Waals surface area contributed by atoms with Gasteiger partial charge in [0.1, 0.15) is 5.60 Å². The van der Waals surface area contributed by atoms with Gasteiger partial charge in [0.2, 0.25) is 5.91 Å². The molecule has 0 aromatic carbocycles. The van der Waals surface area contributed by atoms with Crippen molar-refractivity contribution in [3.63, 3.8) is 0 Å². The summed E-state index contributed by atoms with van der Waals surface area (Å²) >= 11 is 0. The lowest BCUT2D eigenvalue weighted by molar-refractivity contribution is -0.128. The van der Waals surface area contributed by atoms with Gasteiger partial charge >= 0.3 is 6.09 Å². The standard InChI is InChI=1S/C12H22N2O4/c1-12(2,3)18-11(17)13-7-9(15)8-14-6-4-5-10(14)16/h9,15H,4-8H2,1-3H3,(H,13,17). The number of aliphatic hydroxyl groups is 1. The number of carbonyl (C=O) groups is 2. The minimum absolute atomic E-state index is 0.0614. The number of nitrogens with one attached hydrogen (secondary N) is 1. The molecule has 1 rings (SSSR count). The van der Waals surface area contributed by atoms with Crippen LogP contribution in [0, 0.1) is 0 Å². The normalized spacial score (nSPS) is 17.8. The minimum Gasteiger partial charge on any atom is -0.444 e. The number of β-amino-alcohol motifs (C(OH)–C–C–N with tert-alkyl or cyclic N) is 1. The smallest absolute Gasteiger partial charge is 0.407 e. The van der Waals surface area contributed by atoms with Crippen LogP contribution in [0.25, 0.3) is 0 Å². The summed E-state index contributed by atoms with van der Waals surface area (Å²) in [5.74, 6) is 0.0614. The van der Waals surface area contributed by atoms with E-state index in [4.69, 9.17) is 4.74 Å². The van der Waals surface area contributed by atoms with Gasteiger partial charge in [0.15, 0.2) is 0 Å². The van der Waals surface area contributed by atoms with Crippen molar-refractivity contribution in [2.45, 2.75) is 45.3 Å². The van der Waals surface area contributed by atoms with Gasteiger partial charge in [-0.2, -0.15) is 0 Å². The van der Waals surface area contributed by atoms with Crippen LogP contribution in [0.4, 0.5) is 4.79 Å². The van der Waals surface area contributed by atoms with E-state index in [1.807, 2.05) is 0 Å². The third kappa shape index (κ3) is 5.35. The average Bonchev–Trinajstić information content (AvgIpc) is 2.59. The summed E-state index contributed by atoms with van der Waals surface area (Å²) in [4.78, 5) is 24.3. The molecule has 0 bridgehead atoms. The molecule has 6 nitrogen and oxygen atoms in total. The second-order valence-corrected chi connectivity index (χ2v) is 5.48. The Labute approximate surface area is 107 Å². The molecule has 1 unspecified atom stereocenters. The Morgan fingerprint density at radius 2 is 2.22 bits per heavy atom. The molecule has 0 radical (unpaired) electrons. The number of amides is 2. The highest BCUT2D eigenvalue weighted by molar-refractivity contribution is 5.78. The minimum atomic E-state index is -0.764. The third-order valence-corrected chi connectivity index (χ3v) is 2.48. The van der Waals surface area contributed by atoms with Crippen molar-refractivity contribution in [1.29, 1.82) is 0 Å². The number of alkyl carbamates (subject to hydrolysis) is 1. The summed E-state index contributed by atoms with van der Waals surface area (Å²) in [6.45, 7) is 6.33. The molecule has 1 aliphatic heterocycles. The molecule has 1 saturated heterocycles. The van der Waals surface area contributed by atoms with Gasteiger partial charge in [-0.05, 0) is 27.2 Å². The van der Waals surface area contributed by atoms with Gasteiger partial charge in [0.05, 0.1) is 6.10 Å². The van der Waals surface area contributed by atoms with Crippen molar-refractivity contribution in [3.8, 4) is 0 Å². The number of likely N-dealkylation sites (tertiary alicyclic amines) is 1. The number of ether oxygens (including phenoxy) is 1. The van der Waals surface area contributed by atoms with Crippen molar-refractivity contribution in [1.82, 2.24) is 10.2 Å². The van der Waals surface area contributed by atoms with E-state index in [2.05, 4.69) is 5.32 Å². The van der Waals surface area contributed by atoms with E-state index in [-0.39, 0.29) is 19.0 Å². The molecule has 1 fully saturated rings. The first-order valence-electron chi connectivity index (χ1n) is 6.20. The SMILES string of the molecule is CC(C)(C)OC(=O)NCC(O)CN1CCCC1=O. The van der Waals surface area contributed by atoms with Crippen molar-refractivity contribution in [2.75, 3.05) is 19.6 Å². The Morgan fingerprint density at radius 3 is 2.72 bits per heavy atom. The molecule has 6 heteroatoms. The van der Waals surface area contributed by atoms with E-state index in [1.165, 1.54) is 0 Å². The quantitative estimate of drug-likeness (QED) is 0.769. The van der Waals surface area contributed by atoms with Crippen molar-refractivity contribution in [3.05, 3.63) is 0 Å². The van der Waals surface area contributed by atoms with Crippen molar-refractivity contribution in [2.24, 2.45) is 0 Å². The van der Waals surface area contributed by atoms with Gasteiger partial charge < -0.3 is 20.1 Å². The highest BCUT2D eigenvalue weighted by Crippen LogP contribution is 2.10. The van der Waals surface area contributed by atoms with Crippen LogP contribution in [-0.2, 0) is 9.53 Å². The Bertz CT molecular complexity index is 312. The summed E-state index contributed by atoms with van der Waals surface area (Å²) in [5.41, 5.74) is -0.556. The molecule has 2 N–H and O–H groups in total. The predicted octanol–water partition coefficient (Wildman–Crippen LogP) is 0.494. The molecule has 0 saturated carbocycles. The largest absolute Gasteiger partial charge is 0.444 e.